The number of benzene rings is 1. The van der Waals surface area contributed by atoms with Gasteiger partial charge in [0.15, 0.2) is 5.75 Å². The summed E-state index contributed by atoms with van der Waals surface area (Å²) in [6.07, 6.45) is 5.11. The number of hydrogen-bond donors (Lipinski definition) is 1. The standard InChI is InChI=1S/C21H32N4O4/c1-4-6-7-8-11-29-21-18(25(26)27)12-15(13-19(21)28-3)20-16-14-24(5-2)10-9-17(16)22-23-20/h12-13,16,20,23H,4-11,14H2,1-3H3. The maximum atomic E-state index is 11.8. The third kappa shape index (κ3) is 4.80. The van der Waals surface area contributed by atoms with Crippen LogP contribution in [-0.2, 0) is 0 Å². The molecule has 2 atom stereocenters. The van der Waals surface area contributed by atoms with Crippen LogP contribution in [0, 0.1) is 16.0 Å². The Morgan fingerprint density at radius 2 is 2.14 bits per heavy atom. The number of nitro groups is 1. The van der Waals surface area contributed by atoms with E-state index in [2.05, 4.69) is 29.3 Å². The van der Waals surface area contributed by atoms with E-state index in [1.165, 1.54) is 7.11 Å². The van der Waals surface area contributed by atoms with Gasteiger partial charge in [-0.05, 0) is 24.6 Å². The third-order valence-corrected chi connectivity index (χ3v) is 5.84. The van der Waals surface area contributed by atoms with Crippen molar-refractivity contribution in [1.82, 2.24) is 10.3 Å². The molecule has 29 heavy (non-hydrogen) atoms. The van der Waals surface area contributed by atoms with Crippen molar-refractivity contribution in [2.45, 2.75) is 52.0 Å². The van der Waals surface area contributed by atoms with Gasteiger partial charge in [0.1, 0.15) is 0 Å². The molecule has 2 aliphatic rings. The Morgan fingerprint density at radius 1 is 1.31 bits per heavy atom. The van der Waals surface area contributed by atoms with Crippen LogP contribution in [0.3, 0.4) is 0 Å². The molecule has 1 aromatic carbocycles. The topological polar surface area (TPSA) is 89.2 Å². The molecule has 1 aromatic rings. The average molecular weight is 405 g/mol. The molecule has 0 saturated carbocycles. The smallest absolute Gasteiger partial charge is 0.315 e. The lowest BCUT2D eigenvalue weighted by atomic mass is 9.86. The zero-order valence-corrected chi connectivity index (χ0v) is 17.6. The van der Waals surface area contributed by atoms with E-state index in [1.807, 2.05) is 6.07 Å². The molecule has 0 amide bonds. The second-order valence-corrected chi connectivity index (χ2v) is 7.70. The van der Waals surface area contributed by atoms with Gasteiger partial charge >= 0.3 is 5.69 Å². The fourth-order valence-electron chi connectivity index (χ4n) is 4.13. The Kier molecular flexibility index (Phi) is 7.30. The van der Waals surface area contributed by atoms with Crippen LogP contribution in [0.5, 0.6) is 11.5 Å². The van der Waals surface area contributed by atoms with Gasteiger partial charge in [-0.3, -0.25) is 10.1 Å². The molecule has 0 spiro atoms. The average Bonchev–Trinajstić information content (AvgIpc) is 3.16. The number of ether oxygens (including phenoxy) is 2. The van der Waals surface area contributed by atoms with Gasteiger partial charge < -0.3 is 19.8 Å². The van der Waals surface area contributed by atoms with Crippen LogP contribution in [0.1, 0.15) is 57.6 Å². The number of piperidine rings is 1. The third-order valence-electron chi connectivity index (χ3n) is 5.84. The molecule has 0 aliphatic carbocycles. The summed E-state index contributed by atoms with van der Waals surface area (Å²) in [6.45, 7) is 7.64. The molecule has 3 rings (SSSR count). The Bertz CT molecular complexity index is 752. The summed E-state index contributed by atoms with van der Waals surface area (Å²) in [5.74, 6) is 0.840. The summed E-state index contributed by atoms with van der Waals surface area (Å²) in [5, 5.41) is 16.3. The number of nitrogens with zero attached hydrogens (tertiary/aromatic N) is 3. The first-order chi connectivity index (χ1) is 14.1. The SMILES string of the molecule is CCCCCCOc1c(OC)cc(C2NN=C3CCN(CC)CC32)cc1[N+](=O)[O-]. The minimum Gasteiger partial charge on any atom is -0.493 e. The van der Waals surface area contributed by atoms with Crippen molar-refractivity contribution in [1.29, 1.82) is 0 Å². The number of likely N-dealkylation sites (tertiary alicyclic amines) is 1. The number of fused-ring (bicyclic) bond motifs is 1. The minimum atomic E-state index is -0.386. The molecule has 1 saturated heterocycles. The molecule has 8 heteroatoms. The predicted octanol–water partition coefficient (Wildman–Crippen LogP) is 3.90. The monoisotopic (exact) mass is 404 g/mol. The molecular weight excluding hydrogens is 372 g/mol. The van der Waals surface area contributed by atoms with E-state index in [0.29, 0.717) is 12.4 Å². The van der Waals surface area contributed by atoms with Crippen molar-refractivity contribution < 1.29 is 14.4 Å². The van der Waals surface area contributed by atoms with Gasteiger partial charge in [0, 0.05) is 37.2 Å². The van der Waals surface area contributed by atoms with Crippen LogP contribution in [0.15, 0.2) is 17.2 Å². The first-order valence-corrected chi connectivity index (χ1v) is 10.6. The number of nitrogens with one attached hydrogen (secondary N) is 1. The molecule has 2 aliphatic heterocycles. The summed E-state index contributed by atoms with van der Waals surface area (Å²) in [5.41, 5.74) is 5.12. The van der Waals surface area contributed by atoms with Crippen LogP contribution in [0.25, 0.3) is 0 Å². The zero-order valence-electron chi connectivity index (χ0n) is 17.6. The molecule has 0 aromatic heterocycles. The summed E-state index contributed by atoms with van der Waals surface area (Å²) in [4.78, 5) is 13.8. The first-order valence-electron chi connectivity index (χ1n) is 10.6. The Labute approximate surface area is 172 Å². The first kappa shape index (κ1) is 21.4. The molecule has 1 fully saturated rings. The van der Waals surface area contributed by atoms with E-state index in [-0.39, 0.29) is 28.3 Å². The molecule has 1 N–H and O–H groups in total. The van der Waals surface area contributed by atoms with Gasteiger partial charge in [-0.2, -0.15) is 5.10 Å². The van der Waals surface area contributed by atoms with Crippen molar-refractivity contribution in [2.24, 2.45) is 11.0 Å². The highest BCUT2D eigenvalue weighted by atomic mass is 16.6. The summed E-state index contributed by atoms with van der Waals surface area (Å²) < 4.78 is 11.3. The van der Waals surface area contributed by atoms with E-state index < -0.39 is 0 Å². The summed E-state index contributed by atoms with van der Waals surface area (Å²) in [6, 6.07) is 3.38. The van der Waals surface area contributed by atoms with Crippen molar-refractivity contribution in [3.05, 3.63) is 27.8 Å². The highest BCUT2D eigenvalue weighted by Gasteiger charge is 2.38. The van der Waals surface area contributed by atoms with Crippen LogP contribution in [0.2, 0.25) is 0 Å². The second-order valence-electron chi connectivity index (χ2n) is 7.70. The van der Waals surface area contributed by atoms with Gasteiger partial charge in [-0.25, -0.2) is 0 Å². The Hall–Kier alpha value is -2.35. The van der Waals surface area contributed by atoms with E-state index in [1.54, 1.807) is 6.07 Å². The van der Waals surface area contributed by atoms with Crippen molar-refractivity contribution >= 4 is 11.4 Å². The maximum Gasteiger partial charge on any atom is 0.315 e. The van der Waals surface area contributed by atoms with Crippen LogP contribution >= 0.6 is 0 Å². The molecular formula is C21H32N4O4. The van der Waals surface area contributed by atoms with Crippen molar-refractivity contribution in [3.63, 3.8) is 0 Å². The fourth-order valence-corrected chi connectivity index (χ4v) is 4.13. The summed E-state index contributed by atoms with van der Waals surface area (Å²) in [7, 11) is 1.52. The fraction of sp³-hybridized carbons (Fsp3) is 0.667. The second kappa shape index (κ2) is 9.91. The molecule has 0 bridgehead atoms. The van der Waals surface area contributed by atoms with Gasteiger partial charge in [-0.15, -0.1) is 0 Å². The van der Waals surface area contributed by atoms with Crippen LogP contribution < -0.4 is 14.9 Å². The lowest BCUT2D eigenvalue weighted by Gasteiger charge is -2.32. The summed E-state index contributed by atoms with van der Waals surface area (Å²) >= 11 is 0. The van der Waals surface area contributed by atoms with Crippen molar-refractivity contribution in [3.8, 4) is 11.5 Å². The molecule has 0 radical (unpaired) electrons. The number of unbranched alkanes of at least 4 members (excludes halogenated alkanes) is 3. The maximum absolute atomic E-state index is 11.8. The number of hydrazone groups is 1. The van der Waals surface area contributed by atoms with Gasteiger partial charge in [0.2, 0.25) is 5.75 Å². The van der Waals surface area contributed by atoms with Crippen LogP contribution in [0.4, 0.5) is 5.69 Å². The number of methoxy groups -OCH3 is 1. The number of hydrogen-bond acceptors (Lipinski definition) is 7. The Morgan fingerprint density at radius 3 is 2.83 bits per heavy atom. The minimum absolute atomic E-state index is 0.0479. The number of nitro benzene ring substituents is 1. The molecule has 2 heterocycles. The highest BCUT2D eigenvalue weighted by Crippen LogP contribution is 2.42. The van der Waals surface area contributed by atoms with Crippen LogP contribution in [-0.4, -0.2) is 48.9 Å². The van der Waals surface area contributed by atoms with E-state index in [9.17, 15) is 10.1 Å². The number of rotatable bonds is 10. The van der Waals surface area contributed by atoms with Gasteiger partial charge in [0.05, 0.1) is 24.7 Å². The molecule has 160 valence electrons. The Balaban J connectivity index is 1.83. The highest BCUT2D eigenvalue weighted by molar-refractivity contribution is 5.90. The normalized spacial score (nSPS) is 21.3. The largest absolute Gasteiger partial charge is 0.493 e. The van der Waals surface area contributed by atoms with Gasteiger partial charge in [0.25, 0.3) is 0 Å². The lowest BCUT2D eigenvalue weighted by molar-refractivity contribution is -0.386. The molecule has 2 unspecified atom stereocenters. The van der Waals surface area contributed by atoms with Gasteiger partial charge in [-0.1, -0.05) is 33.1 Å². The zero-order chi connectivity index (χ0) is 20.8. The van der Waals surface area contributed by atoms with Crippen molar-refractivity contribution in [2.75, 3.05) is 33.4 Å². The lowest BCUT2D eigenvalue weighted by Crippen LogP contribution is -2.41. The quantitative estimate of drug-likeness (QED) is 0.361. The van der Waals surface area contributed by atoms with E-state index in [4.69, 9.17) is 9.47 Å². The predicted molar refractivity (Wildman–Crippen MR) is 113 cm³/mol. The van der Waals surface area contributed by atoms with E-state index >= 15 is 0 Å². The van der Waals surface area contributed by atoms with E-state index in [0.717, 1.165) is 63.0 Å². The molecule has 8 nitrogen and oxygen atoms in total.